The molecule has 83 heavy (non-hydrogen) atoms. The Kier molecular flexibility index (Phi) is 23.5. The van der Waals surface area contributed by atoms with Crippen LogP contribution in [0.1, 0.15) is 6.92 Å². The number of hydrogen-bond acceptors (Lipinski definition) is 37. The van der Waals surface area contributed by atoms with Gasteiger partial charge in [-0.15, -0.1) is 0 Å². The molecule has 0 unspecified atom stereocenters. The first kappa shape index (κ1) is 67.0. The second-order valence-corrected chi connectivity index (χ2v) is 20.7. The SMILES string of the molecule is CCOC(=O)CO[C@H]1[C@H]2O[C@H]3[C@H](O)[C@@H](O)[C@@H](O[C@H]4[C@H](O)[C@@H](O)[C@@H](O[C@H]5[C@H](O)[C@@H](O)[C@@H](O[C@H]6[C@H](O)[C@@H](O)[C@@H](O[C@H]7[C@H](O)[C@@H](O)[C@@H](O[C@H]8[C@H](O)[C@@H](O)[C@@H](O[C@@H]([C@@H]1O)[C@@H](CO)O2)O[C@@H]8CO)O[C@@H]7CO)O[C@@H]6CO)O[C@@H]5CO)O[C@@H]4CO)O[C@@H]3CO. The van der Waals surface area contributed by atoms with Gasteiger partial charge < -0.3 is 178 Å². The van der Waals surface area contributed by atoms with Crippen molar-refractivity contribution in [3.05, 3.63) is 0 Å². The molecule has 0 aromatic rings. The van der Waals surface area contributed by atoms with Gasteiger partial charge in [-0.05, 0) is 6.92 Å². The summed E-state index contributed by atoms with van der Waals surface area (Å²) in [7, 11) is 0. The second kappa shape index (κ2) is 29.1. The van der Waals surface area contributed by atoms with Crippen molar-refractivity contribution in [2.75, 3.05) is 59.5 Å². The van der Waals surface area contributed by atoms with Crippen molar-refractivity contribution >= 4 is 5.97 Å². The van der Waals surface area contributed by atoms with E-state index in [1.807, 2.05) is 0 Å². The summed E-state index contributed by atoms with van der Waals surface area (Å²) in [6.45, 7) is -7.10. The minimum Gasteiger partial charge on any atom is -0.464 e. The lowest BCUT2D eigenvalue weighted by molar-refractivity contribution is -0.398. The van der Waals surface area contributed by atoms with Crippen LogP contribution in [0.3, 0.4) is 0 Å². The van der Waals surface area contributed by atoms with Gasteiger partial charge in [0.2, 0.25) is 0 Å². The molecule has 37 nitrogen and oxygen atoms in total. The van der Waals surface area contributed by atoms with E-state index in [1.165, 1.54) is 6.92 Å². The standard InChI is InChI=1S/C46H76O37/c1-2-68-18(54)10-69-39-31(67)38-17(9-53)76-46(39)83-37-16(8-52)75-44(30(66)24(37)60)81-35-14(6-50)73-42(28(64)22(35)58)79-33-12(4-48)71-40(26(62)20(33)56)77-32-11(3-47)70-41(25(61)19(32)55)78-34-13(5-49)72-43(27(63)21(34)57)80-36-15(7-51)74-45(82-38)29(65)23(36)59/h11-17,19-53,55-67H,2-10H2,1H3/t11-,12-,13-,14-,15-,16-,17-,19-,20-,21-,22-,23-,24-,25-,26-,27-,28-,29-,30-,31+,32-,33-,34-,35-,36-,37-,38-,39-,40-,41-,42-,43-,44-,45-,46-/m1/s1. The number of rotatable bonds is 11. The van der Waals surface area contributed by atoms with E-state index in [0.29, 0.717) is 0 Å². The lowest BCUT2D eigenvalue weighted by atomic mass is 9.95. The van der Waals surface area contributed by atoms with Gasteiger partial charge in [0.1, 0.15) is 178 Å². The third-order valence-corrected chi connectivity index (χ3v) is 15.5. The van der Waals surface area contributed by atoms with Gasteiger partial charge in [-0.3, -0.25) is 0 Å². The number of aliphatic hydroxyl groups is 20. The molecule has 15 fully saturated rings. The van der Waals surface area contributed by atoms with E-state index in [1.54, 1.807) is 0 Å². The first-order valence-corrected chi connectivity index (χ1v) is 26.6. The number of carbonyl (C=O) groups excluding carboxylic acids is 1. The normalized spacial score (nSPS) is 52.1. The van der Waals surface area contributed by atoms with Crippen molar-refractivity contribution in [2.24, 2.45) is 0 Å². The van der Waals surface area contributed by atoms with Crippen LogP contribution in [-0.4, -0.2) is 383 Å². The molecule has 0 amide bonds. The number of esters is 1. The van der Waals surface area contributed by atoms with Crippen LogP contribution in [0.5, 0.6) is 0 Å². The monoisotopic (exact) mass is 1220 g/mol. The highest BCUT2D eigenvalue weighted by Crippen LogP contribution is 2.39. The van der Waals surface area contributed by atoms with Crippen LogP contribution in [0.25, 0.3) is 0 Å². The van der Waals surface area contributed by atoms with Crippen molar-refractivity contribution in [3.8, 4) is 0 Å². The van der Waals surface area contributed by atoms with Gasteiger partial charge in [-0.25, -0.2) is 4.79 Å². The third kappa shape index (κ3) is 13.8. The number of aliphatic hydroxyl groups excluding tert-OH is 20. The minimum atomic E-state index is -2.25. The molecule has 14 bridgehead atoms. The summed E-state index contributed by atoms with van der Waals surface area (Å²) in [5.74, 6) is -1.00. The van der Waals surface area contributed by atoms with Gasteiger partial charge >= 0.3 is 5.97 Å². The highest BCUT2D eigenvalue weighted by Gasteiger charge is 2.60. The Balaban J connectivity index is 1.11. The number of fused-ring (bicyclic) bond motifs is 7. The summed E-state index contributed by atoms with van der Waals surface area (Å²) in [6.07, 6.45) is -70.8. The fraction of sp³-hybridized carbons (Fsp3) is 0.978. The summed E-state index contributed by atoms with van der Waals surface area (Å²) in [6, 6.07) is 0. The molecule has 15 aliphatic heterocycles. The summed E-state index contributed by atoms with van der Waals surface area (Å²) in [5, 5.41) is 222. The van der Waals surface area contributed by atoms with E-state index in [-0.39, 0.29) is 6.61 Å². The van der Waals surface area contributed by atoms with Crippen molar-refractivity contribution in [1.29, 1.82) is 0 Å². The fourth-order valence-corrected chi connectivity index (χ4v) is 10.9. The largest absolute Gasteiger partial charge is 0.464 e. The molecule has 15 saturated heterocycles. The zero-order valence-corrected chi connectivity index (χ0v) is 44.0. The second-order valence-electron chi connectivity index (χ2n) is 20.7. The van der Waals surface area contributed by atoms with E-state index in [4.69, 9.17) is 75.8 Å². The summed E-state index contributed by atoms with van der Waals surface area (Å²) < 4.78 is 91.2. The van der Waals surface area contributed by atoms with Gasteiger partial charge in [-0.1, -0.05) is 0 Å². The van der Waals surface area contributed by atoms with E-state index in [0.717, 1.165) is 0 Å². The van der Waals surface area contributed by atoms with Crippen LogP contribution < -0.4 is 0 Å². The zero-order chi connectivity index (χ0) is 60.5. The van der Waals surface area contributed by atoms with Gasteiger partial charge in [0.25, 0.3) is 0 Å². The maximum Gasteiger partial charge on any atom is 0.332 e. The van der Waals surface area contributed by atoms with Gasteiger partial charge in [0.15, 0.2) is 44.0 Å². The van der Waals surface area contributed by atoms with Crippen LogP contribution >= 0.6 is 0 Å². The number of carbonyl (C=O) groups is 1. The molecular weight excluding hydrogens is 1140 g/mol. The zero-order valence-electron chi connectivity index (χ0n) is 44.0. The Bertz CT molecular complexity index is 1990. The van der Waals surface area contributed by atoms with E-state index in [2.05, 4.69) is 0 Å². The molecule has 15 rings (SSSR count). The lowest BCUT2D eigenvalue weighted by Gasteiger charge is -2.50. The van der Waals surface area contributed by atoms with Crippen LogP contribution in [-0.2, 0) is 80.6 Å². The van der Waals surface area contributed by atoms with E-state index in [9.17, 15) is 107 Å². The quantitative estimate of drug-likeness (QED) is 0.0854. The smallest absolute Gasteiger partial charge is 0.332 e. The predicted octanol–water partition coefficient (Wildman–Crippen LogP) is -14.6. The highest BCUT2D eigenvalue weighted by atomic mass is 16.8. The Morgan fingerprint density at radius 1 is 0.289 bits per heavy atom. The third-order valence-electron chi connectivity index (χ3n) is 15.5. The molecule has 0 aromatic heterocycles. The minimum absolute atomic E-state index is 0.142. The first-order chi connectivity index (χ1) is 39.6. The average Bonchev–Trinajstić information content (AvgIpc) is 3.19. The average molecular weight is 1220 g/mol. The first-order valence-electron chi connectivity index (χ1n) is 26.6. The summed E-state index contributed by atoms with van der Waals surface area (Å²) >= 11 is 0. The van der Waals surface area contributed by atoms with Crippen LogP contribution in [0.4, 0.5) is 0 Å². The molecular formula is C46H76O37. The molecule has 0 aromatic carbocycles. The molecule has 0 saturated carbocycles. The van der Waals surface area contributed by atoms with Crippen LogP contribution in [0, 0.1) is 0 Å². The fourth-order valence-electron chi connectivity index (χ4n) is 10.9. The Labute approximate surface area is 469 Å². The van der Waals surface area contributed by atoms with Crippen LogP contribution in [0.2, 0.25) is 0 Å². The Morgan fingerprint density at radius 3 is 0.687 bits per heavy atom. The van der Waals surface area contributed by atoms with Gasteiger partial charge in [-0.2, -0.15) is 0 Å². The highest BCUT2D eigenvalue weighted by molar-refractivity contribution is 5.70. The topological polar surface area (TPSA) is 569 Å². The van der Waals surface area contributed by atoms with Crippen molar-refractivity contribution in [3.63, 3.8) is 0 Å². The van der Waals surface area contributed by atoms with Crippen molar-refractivity contribution in [1.82, 2.24) is 0 Å². The molecule has 20 N–H and O–H groups in total. The summed E-state index contributed by atoms with van der Waals surface area (Å²) in [5.41, 5.74) is 0. The van der Waals surface area contributed by atoms with Gasteiger partial charge in [0, 0.05) is 0 Å². The maximum absolute atomic E-state index is 12.6. The van der Waals surface area contributed by atoms with Gasteiger partial charge in [0.05, 0.1) is 52.9 Å². The van der Waals surface area contributed by atoms with Crippen molar-refractivity contribution in [2.45, 2.75) is 222 Å². The molecule has 15 heterocycles. The summed E-state index contributed by atoms with van der Waals surface area (Å²) in [4.78, 5) is 12.6. The Morgan fingerprint density at radius 2 is 0.482 bits per heavy atom. The number of hydrogen-bond donors (Lipinski definition) is 20. The molecule has 37 heteroatoms. The molecule has 0 aliphatic carbocycles. The lowest BCUT2D eigenvalue weighted by Crippen LogP contribution is -2.68. The van der Waals surface area contributed by atoms with Crippen LogP contribution in [0.15, 0.2) is 0 Å². The molecule has 0 spiro atoms. The number of ether oxygens (including phenoxy) is 16. The maximum atomic E-state index is 12.6. The van der Waals surface area contributed by atoms with E-state index >= 15 is 0 Å². The molecule has 482 valence electrons. The predicted molar refractivity (Wildman–Crippen MR) is 249 cm³/mol. The van der Waals surface area contributed by atoms with E-state index < -0.39 is 274 Å². The van der Waals surface area contributed by atoms with Crippen molar-refractivity contribution < 1.29 is 183 Å². The Hall–Kier alpha value is -1.93. The molecule has 35 atom stereocenters. The molecule has 0 radical (unpaired) electrons. The molecule has 15 aliphatic rings.